The average molecular weight is 464 g/mol. The van der Waals surface area contributed by atoms with E-state index in [1.54, 1.807) is 0 Å². The molecule has 0 saturated carbocycles. The Kier molecular flexibility index (Phi) is 8.21. The maximum absolute atomic E-state index is 13.5. The van der Waals surface area contributed by atoms with Gasteiger partial charge in [0.25, 0.3) is 0 Å². The fourth-order valence-electron chi connectivity index (χ4n) is 2.33. The van der Waals surface area contributed by atoms with Gasteiger partial charge in [0.1, 0.15) is 13.2 Å². The predicted molar refractivity (Wildman–Crippen MR) is 92.3 cm³/mol. The van der Waals surface area contributed by atoms with Gasteiger partial charge in [-0.3, -0.25) is 0 Å². The molecule has 0 aliphatic heterocycles. The van der Waals surface area contributed by atoms with Crippen LogP contribution in [0.15, 0.2) is 18.2 Å². The molecule has 0 spiro atoms. The van der Waals surface area contributed by atoms with Crippen molar-refractivity contribution < 1.29 is 60.8 Å². The average Bonchev–Trinajstić information content (AvgIpc) is 2.77. The number of aliphatic hydroxyl groups excluding tert-OH is 1. The third kappa shape index (κ3) is 5.56. The summed E-state index contributed by atoms with van der Waals surface area (Å²) in [5, 5.41) is 17.9. The summed E-state index contributed by atoms with van der Waals surface area (Å²) in [4.78, 5) is 34.8. The SMILES string of the molecule is O=C(COCc1cc(C(=O)OCCO)ccc1C(=O)O)Oc1c(F)c(F)c(F)c(F)c1F. The molecule has 13 heteroatoms. The number of hydrogen-bond donors (Lipinski definition) is 2. The van der Waals surface area contributed by atoms with E-state index in [0.29, 0.717) is 0 Å². The first-order valence-corrected chi connectivity index (χ1v) is 8.52. The molecule has 0 fully saturated rings. The van der Waals surface area contributed by atoms with Crippen molar-refractivity contribution in [2.75, 3.05) is 19.8 Å². The second-order valence-electron chi connectivity index (χ2n) is 5.90. The lowest BCUT2D eigenvalue weighted by molar-refractivity contribution is -0.140. The van der Waals surface area contributed by atoms with Crippen LogP contribution in [0.1, 0.15) is 26.3 Å². The van der Waals surface area contributed by atoms with Gasteiger partial charge in [-0.05, 0) is 23.8 Å². The summed E-state index contributed by atoms with van der Waals surface area (Å²) in [5.74, 6) is -17.5. The minimum absolute atomic E-state index is 0.106. The van der Waals surface area contributed by atoms with Crippen molar-refractivity contribution in [3.05, 3.63) is 64.0 Å². The van der Waals surface area contributed by atoms with E-state index in [4.69, 9.17) is 9.84 Å². The summed E-state index contributed by atoms with van der Waals surface area (Å²) >= 11 is 0. The second-order valence-corrected chi connectivity index (χ2v) is 5.90. The Morgan fingerprint density at radius 1 is 0.906 bits per heavy atom. The molecule has 0 aromatic heterocycles. The van der Waals surface area contributed by atoms with Crippen LogP contribution >= 0.6 is 0 Å². The Hall–Kier alpha value is -3.58. The largest absolute Gasteiger partial charge is 0.478 e. The van der Waals surface area contributed by atoms with Gasteiger partial charge in [-0.1, -0.05) is 0 Å². The maximum atomic E-state index is 13.5. The van der Waals surface area contributed by atoms with Crippen molar-refractivity contribution in [3.8, 4) is 5.75 Å². The third-order valence-electron chi connectivity index (χ3n) is 3.76. The van der Waals surface area contributed by atoms with Gasteiger partial charge in [0.15, 0.2) is 0 Å². The van der Waals surface area contributed by atoms with E-state index in [9.17, 15) is 41.4 Å². The van der Waals surface area contributed by atoms with Crippen molar-refractivity contribution in [1.29, 1.82) is 0 Å². The first kappa shape index (κ1) is 24.7. The molecule has 2 N–H and O–H groups in total. The van der Waals surface area contributed by atoms with Gasteiger partial charge in [0, 0.05) is 0 Å². The van der Waals surface area contributed by atoms with Crippen molar-refractivity contribution in [3.63, 3.8) is 0 Å². The van der Waals surface area contributed by atoms with Crippen molar-refractivity contribution in [1.82, 2.24) is 0 Å². The monoisotopic (exact) mass is 464 g/mol. The second kappa shape index (κ2) is 10.6. The van der Waals surface area contributed by atoms with Gasteiger partial charge in [-0.25, -0.2) is 27.6 Å². The molecule has 8 nitrogen and oxygen atoms in total. The smallest absolute Gasteiger partial charge is 0.338 e. The molecule has 0 aliphatic carbocycles. The van der Waals surface area contributed by atoms with Gasteiger partial charge < -0.3 is 24.4 Å². The van der Waals surface area contributed by atoms with E-state index in [1.165, 1.54) is 0 Å². The number of hydrogen-bond acceptors (Lipinski definition) is 7. The van der Waals surface area contributed by atoms with Crippen LogP contribution in [-0.2, 0) is 20.9 Å². The van der Waals surface area contributed by atoms with Gasteiger partial charge >= 0.3 is 17.9 Å². The highest BCUT2D eigenvalue weighted by Crippen LogP contribution is 2.29. The Morgan fingerprint density at radius 3 is 2.06 bits per heavy atom. The summed E-state index contributed by atoms with van der Waals surface area (Å²) in [6.07, 6.45) is 0. The molecule has 32 heavy (non-hydrogen) atoms. The van der Waals surface area contributed by atoms with E-state index in [0.717, 1.165) is 18.2 Å². The standard InChI is InChI=1S/C19H13F5O8/c20-12-13(21)15(23)17(16(24)14(12)22)32-11(26)7-30-6-9-5-8(19(29)31-4-3-25)1-2-10(9)18(27)28/h1-2,5,25H,3-4,6-7H2,(H,27,28). The highest BCUT2D eigenvalue weighted by atomic mass is 19.2. The van der Waals surface area contributed by atoms with Crippen LogP contribution in [0.3, 0.4) is 0 Å². The molecule has 172 valence electrons. The van der Waals surface area contributed by atoms with Gasteiger partial charge in [0.05, 0.1) is 24.3 Å². The van der Waals surface area contributed by atoms with E-state index in [-0.39, 0.29) is 23.3 Å². The summed E-state index contributed by atoms with van der Waals surface area (Å²) < 4.78 is 80.1. The van der Waals surface area contributed by atoms with E-state index < -0.39 is 72.6 Å². The highest BCUT2D eigenvalue weighted by Gasteiger charge is 2.28. The van der Waals surface area contributed by atoms with Crippen LogP contribution in [0.25, 0.3) is 0 Å². The molecular weight excluding hydrogens is 451 g/mol. The number of carboxylic acid groups (broad SMARTS) is 1. The normalized spacial score (nSPS) is 10.7. The van der Waals surface area contributed by atoms with Crippen molar-refractivity contribution in [2.24, 2.45) is 0 Å². The van der Waals surface area contributed by atoms with Crippen LogP contribution in [0.2, 0.25) is 0 Å². The minimum atomic E-state index is -2.44. The Bertz CT molecular complexity index is 1030. The number of aromatic carboxylic acids is 1. The van der Waals surface area contributed by atoms with E-state index >= 15 is 0 Å². The highest BCUT2D eigenvalue weighted by molar-refractivity contribution is 5.94. The lowest BCUT2D eigenvalue weighted by atomic mass is 10.0. The molecule has 2 rings (SSSR count). The van der Waals surface area contributed by atoms with Gasteiger partial charge in [0.2, 0.25) is 34.8 Å². The molecule has 2 aromatic carbocycles. The quantitative estimate of drug-likeness (QED) is 0.191. The van der Waals surface area contributed by atoms with Crippen LogP contribution in [0.4, 0.5) is 22.0 Å². The van der Waals surface area contributed by atoms with Gasteiger partial charge in [-0.2, -0.15) is 8.78 Å². The minimum Gasteiger partial charge on any atom is -0.478 e. The fraction of sp³-hybridized carbons (Fsp3) is 0.211. The van der Waals surface area contributed by atoms with Crippen LogP contribution < -0.4 is 4.74 Å². The molecule has 0 heterocycles. The van der Waals surface area contributed by atoms with Crippen molar-refractivity contribution in [2.45, 2.75) is 6.61 Å². The van der Waals surface area contributed by atoms with E-state index in [2.05, 4.69) is 9.47 Å². The zero-order chi connectivity index (χ0) is 24.0. The topological polar surface area (TPSA) is 119 Å². The van der Waals surface area contributed by atoms with Crippen LogP contribution in [-0.4, -0.2) is 47.9 Å². The van der Waals surface area contributed by atoms with Crippen LogP contribution in [0, 0.1) is 29.1 Å². The van der Waals surface area contributed by atoms with Gasteiger partial charge in [-0.15, -0.1) is 0 Å². The number of carbonyl (C=O) groups excluding carboxylic acids is 2. The number of aliphatic hydroxyl groups is 1. The summed E-state index contributed by atoms with van der Waals surface area (Å²) in [6, 6.07) is 3.24. The number of halogens is 5. The van der Waals surface area contributed by atoms with Crippen molar-refractivity contribution >= 4 is 17.9 Å². The first-order valence-electron chi connectivity index (χ1n) is 8.52. The molecule has 0 saturated heterocycles. The summed E-state index contributed by atoms with van der Waals surface area (Å²) in [5.41, 5.74) is -0.539. The number of benzene rings is 2. The zero-order valence-corrected chi connectivity index (χ0v) is 15.8. The fourth-order valence-corrected chi connectivity index (χ4v) is 2.33. The molecular formula is C19H13F5O8. The number of rotatable bonds is 9. The Labute approximate surface area is 175 Å². The summed E-state index contributed by atoms with van der Waals surface area (Å²) in [7, 11) is 0. The number of ether oxygens (including phenoxy) is 3. The lowest BCUT2D eigenvalue weighted by Gasteiger charge is -2.11. The molecule has 2 aromatic rings. The molecule has 0 atom stereocenters. The Morgan fingerprint density at radius 2 is 1.50 bits per heavy atom. The Balaban J connectivity index is 2.10. The van der Waals surface area contributed by atoms with Crippen LogP contribution in [0.5, 0.6) is 5.75 Å². The molecule has 0 radical (unpaired) electrons. The lowest BCUT2D eigenvalue weighted by Crippen LogP contribution is -2.19. The third-order valence-corrected chi connectivity index (χ3v) is 3.76. The molecule has 0 aliphatic rings. The number of esters is 2. The maximum Gasteiger partial charge on any atom is 0.338 e. The summed E-state index contributed by atoms with van der Waals surface area (Å²) in [6.45, 7) is -2.44. The predicted octanol–water partition coefficient (Wildman–Crippen LogP) is 2.35. The first-order chi connectivity index (χ1) is 15.1. The molecule has 0 bridgehead atoms. The zero-order valence-electron chi connectivity index (χ0n) is 15.8. The molecule has 0 amide bonds. The van der Waals surface area contributed by atoms with E-state index in [1.807, 2.05) is 0 Å². The molecule has 0 unspecified atom stereocenters. The number of carbonyl (C=O) groups is 3. The number of carboxylic acids is 1.